The van der Waals surface area contributed by atoms with Crippen LogP contribution in [0.5, 0.6) is 0 Å². The Kier molecular flexibility index (Phi) is 4.54. The summed E-state index contributed by atoms with van der Waals surface area (Å²) in [4.78, 5) is 32.1. The molecule has 2 atom stereocenters. The van der Waals surface area contributed by atoms with Gasteiger partial charge in [0, 0.05) is 11.8 Å². The molecule has 0 aliphatic carbocycles. The Bertz CT molecular complexity index is 734. The number of benzene rings is 1. The lowest BCUT2D eigenvalue weighted by atomic mass is 9.87. The van der Waals surface area contributed by atoms with E-state index < -0.39 is 23.8 Å². The number of amides is 2. The Morgan fingerprint density at radius 3 is 2.50 bits per heavy atom. The molecule has 2 amide bonds. The van der Waals surface area contributed by atoms with Crippen molar-refractivity contribution in [3.05, 3.63) is 35.9 Å². The normalized spacial score (nSPS) is 24.9. The zero-order chi connectivity index (χ0) is 19.1. The molecule has 6 nitrogen and oxygen atoms in total. The van der Waals surface area contributed by atoms with Gasteiger partial charge in [0.1, 0.15) is 5.60 Å². The summed E-state index contributed by atoms with van der Waals surface area (Å²) in [5, 5.41) is 4.07. The molecule has 0 bridgehead atoms. The van der Waals surface area contributed by atoms with Gasteiger partial charge in [-0.25, -0.2) is 9.69 Å². The molecule has 1 fully saturated rings. The maximum Gasteiger partial charge on any atom is 0.417 e. The molecule has 140 valence electrons. The molecular weight excluding hydrogens is 332 g/mol. The zero-order valence-electron chi connectivity index (χ0n) is 16.0. The molecule has 2 aliphatic rings. The van der Waals surface area contributed by atoms with E-state index in [9.17, 15) is 9.59 Å². The lowest BCUT2D eigenvalue weighted by Gasteiger charge is -2.28. The van der Waals surface area contributed by atoms with Crippen molar-refractivity contribution in [3.63, 3.8) is 0 Å². The van der Waals surface area contributed by atoms with Gasteiger partial charge in [0.25, 0.3) is 5.91 Å². The van der Waals surface area contributed by atoms with Crippen LogP contribution in [0.1, 0.15) is 46.6 Å². The van der Waals surface area contributed by atoms with Crippen LogP contribution in [-0.2, 0) is 20.8 Å². The van der Waals surface area contributed by atoms with Crippen LogP contribution in [-0.4, -0.2) is 40.4 Å². The van der Waals surface area contributed by atoms with Gasteiger partial charge < -0.3 is 9.57 Å². The zero-order valence-corrected chi connectivity index (χ0v) is 16.0. The molecule has 6 heteroatoms. The number of oxime groups is 1. The summed E-state index contributed by atoms with van der Waals surface area (Å²) < 4.78 is 5.49. The number of ether oxygens (including phenoxy) is 1. The van der Waals surface area contributed by atoms with Crippen molar-refractivity contribution < 1.29 is 19.2 Å². The lowest BCUT2D eigenvalue weighted by molar-refractivity contribution is -0.140. The van der Waals surface area contributed by atoms with Crippen LogP contribution in [0.25, 0.3) is 0 Å². The molecule has 0 radical (unpaired) electrons. The summed E-state index contributed by atoms with van der Waals surface area (Å²) in [6.07, 6.45) is -0.465. The summed E-state index contributed by atoms with van der Waals surface area (Å²) in [7, 11) is 0. The van der Waals surface area contributed by atoms with Crippen molar-refractivity contribution >= 4 is 17.7 Å². The summed E-state index contributed by atoms with van der Waals surface area (Å²) in [5.41, 5.74) is 0.918. The number of rotatable bonds is 3. The minimum Gasteiger partial charge on any atom is -0.441 e. The highest BCUT2D eigenvalue weighted by molar-refractivity contribution is 6.01. The molecule has 26 heavy (non-hydrogen) atoms. The van der Waals surface area contributed by atoms with E-state index in [1.165, 1.54) is 4.90 Å². The Hall–Kier alpha value is -2.37. The van der Waals surface area contributed by atoms with E-state index >= 15 is 0 Å². The summed E-state index contributed by atoms with van der Waals surface area (Å²) >= 11 is 0. The van der Waals surface area contributed by atoms with Crippen LogP contribution in [0.15, 0.2) is 35.5 Å². The van der Waals surface area contributed by atoms with Crippen molar-refractivity contribution in [2.45, 2.75) is 65.2 Å². The fraction of sp³-hybridized carbons (Fsp3) is 0.550. The van der Waals surface area contributed by atoms with E-state index in [2.05, 4.69) is 5.16 Å². The first-order valence-corrected chi connectivity index (χ1v) is 8.93. The maximum absolute atomic E-state index is 13.0. The third kappa shape index (κ3) is 3.45. The summed E-state index contributed by atoms with van der Waals surface area (Å²) in [6.45, 7) is 9.73. The number of cyclic esters (lactones) is 1. The SMILES string of the molecule is CC(C)(C)C1=NO[C@H](C(=O)N2C(=O)OC(C)(C)[C@@H]2Cc2ccccc2)C1. The van der Waals surface area contributed by atoms with E-state index in [-0.39, 0.29) is 11.3 Å². The quantitative estimate of drug-likeness (QED) is 0.829. The first-order valence-electron chi connectivity index (χ1n) is 8.93. The van der Waals surface area contributed by atoms with Gasteiger partial charge in [-0.1, -0.05) is 56.3 Å². The number of carbonyl (C=O) groups excluding carboxylic acids is 2. The predicted molar refractivity (Wildman–Crippen MR) is 97.7 cm³/mol. The van der Waals surface area contributed by atoms with Crippen LogP contribution in [0.3, 0.4) is 0 Å². The highest BCUT2D eigenvalue weighted by Gasteiger charge is 2.53. The number of nitrogens with zero attached hydrogens (tertiary/aromatic N) is 2. The highest BCUT2D eigenvalue weighted by Crippen LogP contribution is 2.34. The molecule has 2 heterocycles. The molecule has 1 saturated heterocycles. The van der Waals surface area contributed by atoms with Crippen molar-refractivity contribution in [2.24, 2.45) is 10.6 Å². The van der Waals surface area contributed by atoms with Crippen LogP contribution >= 0.6 is 0 Å². The van der Waals surface area contributed by atoms with Crippen molar-refractivity contribution in [2.75, 3.05) is 0 Å². The summed E-state index contributed by atoms with van der Waals surface area (Å²) in [5.74, 6) is -0.385. The lowest BCUT2D eigenvalue weighted by Crippen LogP contribution is -2.49. The number of hydrogen-bond acceptors (Lipinski definition) is 5. The van der Waals surface area contributed by atoms with Gasteiger partial charge in [-0.05, 0) is 25.8 Å². The van der Waals surface area contributed by atoms with Crippen LogP contribution in [0, 0.1) is 5.41 Å². The second-order valence-corrected chi connectivity index (χ2v) is 8.47. The number of hydrogen-bond donors (Lipinski definition) is 0. The van der Waals surface area contributed by atoms with Gasteiger partial charge in [-0.3, -0.25) is 4.79 Å². The van der Waals surface area contributed by atoms with E-state index in [4.69, 9.17) is 9.57 Å². The predicted octanol–water partition coefficient (Wildman–Crippen LogP) is 3.55. The monoisotopic (exact) mass is 358 g/mol. The van der Waals surface area contributed by atoms with Gasteiger partial charge in [0.2, 0.25) is 6.10 Å². The molecular formula is C20H26N2O4. The Morgan fingerprint density at radius 1 is 1.27 bits per heavy atom. The second-order valence-electron chi connectivity index (χ2n) is 8.47. The molecule has 0 spiro atoms. The molecule has 3 rings (SSSR count). The van der Waals surface area contributed by atoms with Crippen LogP contribution < -0.4 is 0 Å². The van der Waals surface area contributed by atoms with Crippen LogP contribution in [0.4, 0.5) is 4.79 Å². The third-order valence-electron chi connectivity index (χ3n) is 4.98. The van der Waals surface area contributed by atoms with Crippen molar-refractivity contribution in [1.29, 1.82) is 0 Å². The fourth-order valence-electron chi connectivity index (χ4n) is 3.31. The van der Waals surface area contributed by atoms with E-state index in [1.807, 2.05) is 65.0 Å². The first kappa shape index (κ1) is 18.4. The van der Waals surface area contributed by atoms with Gasteiger partial charge in [0.15, 0.2) is 0 Å². The minimum absolute atomic E-state index is 0.177. The Labute approximate surface area is 154 Å². The van der Waals surface area contributed by atoms with E-state index in [0.29, 0.717) is 12.8 Å². The van der Waals surface area contributed by atoms with Gasteiger partial charge in [-0.2, -0.15) is 0 Å². The topological polar surface area (TPSA) is 68.2 Å². The smallest absolute Gasteiger partial charge is 0.417 e. The number of imide groups is 1. The summed E-state index contributed by atoms with van der Waals surface area (Å²) in [6, 6.07) is 9.38. The molecule has 0 aromatic heterocycles. The van der Waals surface area contributed by atoms with Crippen molar-refractivity contribution in [1.82, 2.24) is 4.90 Å². The molecule has 1 aromatic carbocycles. The number of carbonyl (C=O) groups is 2. The molecule has 0 unspecified atom stereocenters. The third-order valence-corrected chi connectivity index (χ3v) is 4.98. The van der Waals surface area contributed by atoms with Crippen LogP contribution in [0.2, 0.25) is 0 Å². The molecule has 0 N–H and O–H groups in total. The molecule has 1 aromatic rings. The van der Waals surface area contributed by atoms with E-state index in [1.54, 1.807) is 0 Å². The van der Waals surface area contributed by atoms with Gasteiger partial charge >= 0.3 is 6.09 Å². The molecule has 2 aliphatic heterocycles. The van der Waals surface area contributed by atoms with Gasteiger partial charge in [-0.15, -0.1) is 0 Å². The average Bonchev–Trinajstić information content (AvgIpc) is 3.11. The first-order chi connectivity index (χ1) is 12.1. The minimum atomic E-state index is -0.774. The fourth-order valence-corrected chi connectivity index (χ4v) is 3.31. The average molecular weight is 358 g/mol. The molecule has 0 saturated carbocycles. The maximum atomic E-state index is 13.0. The van der Waals surface area contributed by atoms with Gasteiger partial charge in [0.05, 0.1) is 11.8 Å². The standard InChI is InChI=1S/C20H26N2O4/c1-19(2,3)15-12-14(26-21-15)17(23)22-16(20(4,5)25-18(22)24)11-13-9-7-6-8-10-13/h6-10,14,16H,11-12H2,1-5H3/t14-,16-/m0/s1. The largest absolute Gasteiger partial charge is 0.441 e. The Morgan fingerprint density at radius 2 is 1.92 bits per heavy atom. The van der Waals surface area contributed by atoms with Crippen molar-refractivity contribution in [3.8, 4) is 0 Å². The second kappa shape index (κ2) is 6.41. The Balaban J connectivity index is 1.80. The highest BCUT2D eigenvalue weighted by atomic mass is 16.6. The van der Waals surface area contributed by atoms with E-state index in [0.717, 1.165) is 11.3 Å².